The number of benzene rings is 2. The first-order valence-electron chi connectivity index (χ1n) is 8.68. The van der Waals surface area contributed by atoms with Crippen molar-refractivity contribution in [1.82, 2.24) is 4.90 Å². The van der Waals surface area contributed by atoms with E-state index in [4.69, 9.17) is 14.6 Å². The Morgan fingerprint density at radius 3 is 2.73 bits per heavy atom. The van der Waals surface area contributed by atoms with E-state index in [0.29, 0.717) is 19.7 Å². The second kappa shape index (κ2) is 7.74. The number of ether oxygens (including phenoxy) is 2. The van der Waals surface area contributed by atoms with Crippen LogP contribution in [0.1, 0.15) is 24.8 Å². The van der Waals surface area contributed by atoms with Gasteiger partial charge in [-0.05, 0) is 35.4 Å². The summed E-state index contributed by atoms with van der Waals surface area (Å²) in [7, 11) is 1.64. The summed E-state index contributed by atoms with van der Waals surface area (Å²) in [6.45, 7) is 3.06. The molecule has 0 bridgehead atoms. The number of hydrogen-bond acceptors (Lipinski definition) is 4. The molecule has 3 rings (SSSR count). The van der Waals surface area contributed by atoms with E-state index in [1.807, 2.05) is 43.3 Å². The van der Waals surface area contributed by atoms with Crippen LogP contribution in [0.4, 0.5) is 0 Å². The fraction of sp³-hybridized carbons (Fsp3) is 0.400. The number of nitrogens with zero attached hydrogens (tertiary/aromatic N) is 1. The standard InChI is InChI=1S/C20H23NO5/c1-13(20(24)21-7-8-26-18(12-21)11-19(22)23)14-3-4-16-10-17(25-2)6-5-15(16)9-14/h3-6,9-10,13,18H,7-8,11-12H2,1-2H3,(H,22,23)/t13-,18?/m0/s1. The molecule has 138 valence electrons. The predicted molar refractivity (Wildman–Crippen MR) is 97.5 cm³/mol. The van der Waals surface area contributed by atoms with Gasteiger partial charge in [-0.25, -0.2) is 0 Å². The van der Waals surface area contributed by atoms with Crippen molar-refractivity contribution < 1.29 is 24.2 Å². The molecule has 2 atom stereocenters. The van der Waals surface area contributed by atoms with Gasteiger partial charge < -0.3 is 19.5 Å². The Bertz CT molecular complexity index is 819. The molecular formula is C20H23NO5. The van der Waals surface area contributed by atoms with E-state index < -0.39 is 12.1 Å². The first-order chi connectivity index (χ1) is 12.5. The van der Waals surface area contributed by atoms with E-state index in [0.717, 1.165) is 22.1 Å². The first-order valence-corrected chi connectivity index (χ1v) is 8.68. The van der Waals surface area contributed by atoms with Crippen molar-refractivity contribution in [1.29, 1.82) is 0 Å². The summed E-state index contributed by atoms with van der Waals surface area (Å²) in [6.07, 6.45) is -0.530. The highest BCUT2D eigenvalue weighted by molar-refractivity contribution is 5.88. The molecule has 1 aliphatic heterocycles. The Morgan fingerprint density at radius 1 is 1.27 bits per heavy atom. The molecule has 1 saturated heterocycles. The summed E-state index contributed by atoms with van der Waals surface area (Å²) < 4.78 is 10.7. The van der Waals surface area contributed by atoms with E-state index in [1.165, 1.54) is 0 Å². The lowest BCUT2D eigenvalue weighted by Gasteiger charge is -2.34. The van der Waals surface area contributed by atoms with Crippen LogP contribution >= 0.6 is 0 Å². The van der Waals surface area contributed by atoms with Gasteiger partial charge in [0.2, 0.25) is 5.91 Å². The quantitative estimate of drug-likeness (QED) is 0.890. The maximum atomic E-state index is 12.9. The first kappa shape index (κ1) is 18.2. The minimum Gasteiger partial charge on any atom is -0.497 e. The lowest BCUT2D eigenvalue weighted by Crippen LogP contribution is -2.47. The molecule has 0 radical (unpaired) electrons. The maximum absolute atomic E-state index is 12.9. The highest BCUT2D eigenvalue weighted by atomic mass is 16.5. The summed E-state index contributed by atoms with van der Waals surface area (Å²) in [6, 6.07) is 11.8. The van der Waals surface area contributed by atoms with Crippen LogP contribution in [-0.4, -0.2) is 54.8 Å². The van der Waals surface area contributed by atoms with Crippen molar-refractivity contribution in [3.05, 3.63) is 42.0 Å². The molecule has 1 amide bonds. The van der Waals surface area contributed by atoms with Crippen molar-refractivity contribution in [3.63, 3.8) is 0 Å². The van der Waals surface area contributed by atoms with Gasteiger partial charge in [-0.15, -0.1) is 0 Å². The molecule has 0 saturated carbocycles. The number of rotatable bonds is 5. The topological polar surface area (TPSA) is 76.1 Å². The predicted octanol–water partition coefficient (Wildman–Crippen LogP) is 2.65. The summed E-state index contributed by atoms with van der Waals surface area (Å²) in [5, 5.41) is 11.0. The Hall–Kier alpha value is -2.60. The third-order valence-electron chi connectivity index (χ3n) is 4.79. The fourth-order valence-electron chi connectivity index (χ4n) is 3.29. The van der Waals surface area contributed by atoms with Gasteiger partial charge in [0.1, 0.15) is 5.75 Å². The van der Waals surface area contributed by atoms with Crippen LogP contribution in [0.3, 0.4) is 0 Å². The SMILES string of the molecule is COc1ccc2cc([C@H](C)C(=O)N3CCOC(CC(=O)O)C3)ccc2c1. The van der Waals surface area contributed by atoms with Gasteiger partial charge in [0, 0.05) is 13.1 Å². The number of fused-ring (bicyclic) bond motifs is 1. The van der Waals surface area contributed by atoms with Crippen LogP contribution in [0.25, 0.3) is 10.8 Å². The molecule has 2 aromatic carbocycles. The average Bonchev–Trinajstić information content (AvgIpc) is 2.65. The van der Waals surface area contributed by atoms with Crippen LogP contribution in [0.15, 0.2) is 36.4 Å². The van der Waals surface area contributed by atoms with Crippen LogP contribution < -0.4 is 4.74 Å². The van der Waals surface area contributed by atoms with Crippen molar-refractivity contribution in [2.75, 3.05) is 26.8 Å². The Labute approximate surface area is 152 Å². The minimum absolute atomic E-state index is 0.00319. The summed E-state index contributed by atoms with van der Waals surface area (Å²) in [5.74, 6) is -0.420. The average molecular weight is 357 g/mol. The molecule has 0 aromatic heterocycles. The normalized spacial score (nSPS) is 18.5. The molecule has 1 aliphatic rings. The van der Waals surface area contributed by atoms with E-state index >= 15 is 0 Å². The zero-order valence-electron chi connectivity index (χ0n) is 15.0. The summed E-state index contributed by atoms with van der Waals surface area (Å²) in [5.41, 5.74) is 0.939. The number of carbonyl (C=O) groups is 2. The second-order valence-corrected chi connectivity index (χ2v) is 6.57. The third kappa shape index (κ3) is 3.96. The molecule has 1 heterocycles. The van der Waals surface area contributed by atoms with Gasteiger partial charge in [-0.3, -0.25) is 9.59 Å². The van der Waals surface area contributed by atoms with Crippen molar-refractivity contribution in [2.24, 2.45) is 0 Å². The molecular weight excluding hydrogens is 334 g/mol. The number of carboxylic acid groups (broad SMARTS) is 1. The maximum Gasteiger partial charge on any atom is 0.306 e. The highest BCUT2D eigenvalue weighted by Gasteiger charge is 2.29. The Balaban J connectivity index is 1.75. The van der Waals surface area contributed by atoms with Gasteiger partial charge >= 0.3 is 5.97 Å². The molecule has 1 fully saturated rings. The summed E-state index contributed by atoms with van der Waals surface area (Å²) >= 11 is 0. The fourth-order valence-corrected chi connectivity index (χ4v) is 3.29. The smallest absolute Gasteiger partial charge is 0.306 e. The minimum atomic E-state index is -0.915. The zero-order chi connectivity index (χ0) is 18.7. The number of carbonyl (C=O) groups excluding carboxylic acids is 1. The number of amides is 1. The van der Waals surface area contributed by atoms with Crippen molar-refractivity contribution >= 4 is 22.6 Å². The molecule has 26 heavy (non-hydrogen) atoms. The van der Waals surface area contributed by atoms with Crippen LogP contribution in [0.5, 0.6) is 5.75 Å². The largest absolute Gasteiger partial charge is 0.497 e. The van der Waals surface area contributed by atoms with Crippen LogP contribution in [0, 0.1) is 0 Å². The molecule has 6 nitrogen and oxygen atoms in total. The number of carboxylic acids is 1. The zero-order valence-corrected chi connectivity index (χ0v) is 15.0. The third-order valence-corrected chi connectivity index (χ3v) is 4.79. The molecule has 0 aliphatic carbocycles. The van der Waals surface area contributed by atoms with Gasteiger partial charge in [-0.2, -0.15) is 0 Å². The lowest BCUT2D eigenvalue weighted by molar-refractivity contribution is -0.148. The van der Waals surface area contributed by atoms with E-state index in [1.54, 1.807) is 12.0 Å². The Morgan fingerprint density at radius 2 is 2.00 bits per heavy atom. The van der Waals surface area contributed by atoms with Gasteiger partial charge in [0.25, 0.3) is 0 Å². The second-order valence-electron chi connectivity index (χ2n) is 6.57. The van der Waals surface area contributed by atoms with E-state index in [-0.39, 0.29) is 18.2 Å². The number of hydrogen-bond donors (Lipinski definition) is 1. The lowest BCUT2D eigenvalue weighted by atomic mass is 9.96. The van der Waals surface area contributed by atoms with Gasteiger partial charge in [0.15, 0.2) is 0 Å². The van der Waals surface area contributed by atoms with E-state index in [2.05, 4.69) is 0 Å². The van der Waals surface area contributed by atoms with Gasteiger partial charge in [-0.1, -0.05) is 24.3 Å². The van der Waals surface area contributed by atoms with E-state index in [9.17, 15) is 9.59 Å². The number of aliphatic carboxylic acids is 1. The van der Waals surface area contributed by atoms with Crippen LogP contribution in [0.2, 0.25) is 0 Å². The van der Waals surface area contributed by atoms with Crippen molar-refractivity contribution in [2.45, 2.75) is 25.4 Å². The Kier molecular flexibility index (Phi) is 5.42. The molecule has 0 spiro atoms. The highest BCUT2D eigenvalue weighted by Crippen LogP contribution is 2.26. The molecule has 6 heteroatoms. The molecule has 1 unspecified atom stereocenters. The number of methoxy groups -OCH3 is 1. The molecule has 1 N–H and O–H groups in total. The summed E-state index contributed by atoms with van der Waals surface area (Å²) in [4.78, 5) is 25.5. The monoisotopic (exact) mass is 357 g/mol. The number of morpholine rings is 1. The van der Waals surface area contributed by atoms with Gasteiger partial charge in [0.05, 0.1) is 32.2 Å². The molecule has 2 aromatic rings. The van der Waals surface area contributed by atoms with Crippen LogP contribution in [-0.2, 0) is 14.3 Å². The van der Waals surface area contributed by atoms with Crippen molar-refractivity contribution in [3.8, 4) is 5.75 Å².